The van der Waals surface area contributed by atoms with Crippen LogP contribution in [0.3, 0.4) is 0 Å². The lowest BCUT2D eigenvalue weighted by atomic mass is 9.43. The monoisotopic (exact) mass is 434 g/mol. The van der Waals surface area contributed by atoms with E-state index in [9.17, 15) is 10.4 Å². The van der Waals surface area contributed by atoms with Crippen molar-refractivity contribution < 1.29 is 5.11 Å². The Bertz CT molecular complexity index is 903. The fraction of sp³-hybridized carbons (Fsp3) is 0.793. The molecule has 0 amide bonds. The van der Waals surface area contributed by atoms with Gasteiger partial charge in [0.2, 0.25) is 0 Å². The van der Waals surface area contributed by atoms with Gasteiger partial charge in [0, 0.05) is 12.4 Å². The van der Waals surface area contributed by atoms with E-state index >= 15 is 0 Å². The molecule has 1 N–H and O–H groups in total. The summed E-state index contributed by atoms with van der Waals surface area (Å²) in [6.45, 7) is 9.75. The van der Waals surface area contributed by atoms with Gasteiger partial charge in [-0.15, -0.1) is 0 Å². The molecule has 0 aromatic carbocycles. The van der Waals surface area contributed by atoms with Gasteiger partial charge >= 0.3 is 0 Å². The number of hydrogen-bond donors (Lipinski definition) is 1. The molecule has 1 heterocycles. The standard InChI is InChI=1S/C29H42N2O/c1-19(13-20-14-21(16-30)18-31-17-20)24-7-8-25-23-6-5-22-15-27(2,32)11-12-28(22,3)26(23)9-10-29(24,25)4/h14,17-19,22-26,32H,5-13,15H2,1-4H3/t19-,22+,23-,24+,25-,26-,27+,28-,29+/m0/s1. The van der Waals surface area contributed by atoms with Crippen molar-refractivity contribution in [3.8, 4) is 6.07 Å². The molecule has 1 aromatic heterocycles. The van der Waals surface area contributed by atoms with Gasteiger partial charge in [0.25, 0.3) is 0 Å². The summed E-state index contributed by atoms with van der Waals surface area (Å²) >= 11 is 0. The number of fused-ring (bicyclic) bond motifs is 5. The fourth-order valence-corrected chi connectivity index (χ4v) is 9.58. The van der Waals surface area contributed by atoms with E-state index in [0.717, 1.165) is 42.9 Å². The number of hydrogen-bond acceptors (Lipinski definition) is 3. The van der Waals surface area contributed by atoms with E-state index in [2.05, 4.69) is 38.7 Å². The summed E-state index contributed by atoms with van der Waals surface area (Å²) in [5.74, 6) is 4.75. The third-order valence-electron chi connectivity index (χ3n) is 11.2. The van der Waals surface area contributed by atoms with Crippen molar-refractivity contribution in [3.63, 3.8) is 0 Å². The van der Waals surface area contributed by atoms with Crippen molar-refractivity contribution in [3.05, 3.63) is 29.6 Å². The summed E-state index contributed by atoms with van der Waals surface area (Å²) in [5, 5.41) is 20.0. The van der Waals surface area contributed by atoms with Gasteiger partial charge in [-0.05, 0) is 129 Å². The van der Waals surface area contributed by atoms with Gasteiger partial charge in [0.05, 0.1) is 11.2 Å². The van der Waals surface area contributed by atoms with E-state index < -0.39 is 5.60 Å². The Morgan fingerprint density at radius 1 is 1.03 bits per heavy atom. The minimum Gasteiger partial charge on any atom is -0.390 e. The van der Waals surface area contributed by atoms with Gasteiger partial charge in [-0.1, -0.05) is 20.8 Å². The Balaban J connectivity index is 1.33. The molecule has 3 nitrogen and oxygen atoms in total. The second-order valence-electron chi connectivity index (χ2n) is 13.0. The lowest BCUT2D eigenvalue weighted by Crippen LogP contribution is -2.55. The summed E-state index contributed by atoms with van der Waals surface area (Å²) < 4.78 is 0. The highest BCUT2D eigenvalue weighted by Gasteiger charge is 2.61. The molecular weight excluding hydrogens is 392 g/mol. The molecule has 0 bridgehead atoms. The lowest BCUT2D eigenvalue weighted by Gasteiger charge is -2.62. The summed E-state index contributed by atoms with van der Waals surface area (Å²) in [6, 6.07) is 4.28. The molecule has 9 atom stereocenters. The van der Waals surface area contributed by atoms with Gasteiger partial charge in [0.1, 0.15) is 6.07 Å². The first-order chi connectivity index (χ1) is 15.2. The van der Waals surface area contributed by atoms with E-state index in [1.807, 2.05) is 12.3 Å². The number of aromatic nitrogens is 1. The quantitative estimate of drug-likeness (QED) is 0.587. The topological polar surface area (TPSA) is 56.9 Å². The highest BCUT2D eigenvalue weighted by Crippen LogP contribution is 2.68. The molecule has 32 heavy (non-hydrogen) atoms. The van der Waals surface area contributed by atoms with Gasteiger partial charge in [0.15, 0.2) is 0 Å². The van der Waals surface area contributed by atoms with E-state index in [0.29, 0.717) is 28.2 Å². The molecule has 0 aliphatic heterocycles. The van der Waals surface area contributed by atoms with Gasteiger partial charge < -0.3 is 5.11 Å². The van der Waals surface area contributed by atoms with E-state index in [1.165, 1.54) is 50.5 Å². The molecule has 4 saturated carbocycles. The smallest absolute Gasteiger partial charge is 0.101 e. The summed E-state index contributed by atoms with van der Waals surface area (Å²) in [7, 11) is 0. The van der Waals surface area contributed by atoms with E-state index in [-0.39, 0.29) is 0 Å². The van der Waals surface area contributed by atoms with E-state index in [1.54, 1.807) is 6.20 Å². The Labute approximate surface area is 195 Å². The van der Waals surface area contributed by atoms with Crippen LogP contribution in [0.15, 0.2) is 18.5 Å². The molecule has 5 rings (SSSR count). The first kappa shape index (κ1) is 22.4. The third-order valence-corrected chi connectivity index (χ3v) is 11.2. The zero-order valence-corrected chi connectivity index (χ0v) is 20.6. The molecule has 0 saturated heterocycles. The lowest BCUT2D eigenvalue weighted by molar-refractivity contribution is -0.147. The molecule has 174 valence electrons. The van der Waals surface area contributed by atoms with Crippen LogP contribution in [0.5, 0.6) is 0 Å². The molecule has 0 unspecified atom stereocenters. The van der Waals surface area contributed by atoms with Crippen LogP contribution < -0.4 is 0 Å². The molecule has 4 fully saturated rings. The number of nitrogens with zero attached hydrogens (tertiary/aromatic N) is 2. The minimum atomic E-state index is -0.439. The van der Waals surface area contributed by atoms with Crippen LogP contribution in [0.1, 0.15) is 96.6 Å². The highest BCUT2D eigenvalue weighted by atomic mass is 16.3. The van der Waals surface area contributed by atoms with Crippen LogP contribution in [0, 0.1) is 57.7 Å². The number of pyridine rings is 1. The summed E-state index contributed by atoms with van der Waals surface area (Å²) in [5.41, 5.74) is 2.37. The normalized spacial score (nSPS) is 46.4. The van der Waals surface area contributed by atoms with Crippen molar-refractivity contribution >= 4 is 0 Å². The second kappa shape index (κ2) is 7.83. The maximum Gasteiger partial charge on any atom is 0.101 e. The van der Waals surface area contributed by atoms with Gasteiger partial charge in [-0.3, -0.25) is 4.98 Å². The second-order valence-corrected chi connectivity index (χ2v) is 13.0. The Hall–Kier alpha value is -1.40. The predicted octanol–water partition coefficient (Wildman–Crippen LogP) is 6.54. The zero-order valence-electron chi connectivity index (χ0n) is 20.6. The van der Waals surface area contributed by atoms with Gasteiger partial charge in [-0.25, -0.2) is 0 Å². The number of aliphatic hydroxyl groups is 1. The molecule has 0 radical (unpaired) electrons. The predicted molar refractivity (Wildman–Crippen MR) is 128 cm³/mol. The Kier molecular flexibility index (Phi) is 5.48. The summed E-state index contributed by atoms with van der Waals surface area (Å²) in [6.07, 6.45) is 16.1. The maximum atomic E-state index is 10.7. The van der Waals surface area contributed by atoms with Gasteiger partial charge in [-0.2, -0.15) is 5.26 Å². The van der Waals surface area contributed by atoms with Crippen molar-refractivity contribution in [2.75, 3.05) is 0 Å². The van der Waals surface area contributed by atoms with Crippen LogP contribution in [-0.4, -0.2) is 15.7 Å². The van der Waals surface area contributed by atoms with Crippen LogP contribution >= 0.6 is 0 Å². The number of nitriles is 1. The fourth-order valence-electron chi connectivity index (χ4n) is 9.58. The maximum absolute atomic E-state index is 10.7. The van der Waals surface area contributed by atoms with Crippen LogP contribution in [0.25, 0.3) is 0 Å². The molecular formula is C29H42N2O. The largest absolute Gasteiger partial charge is 0.390 e. The van der Waals surface area contributed by atoms with Crippen molar-refractivity contribution in [2.45, 2.75) is 97.5 Å². The zero-order chi connectivity index (χ0) is 22.7. The van der Waals surface area contributed by atoms with Crippen molar-refractivity contribution in [2.24, 2.45) is 46.3 Å². The van der Waals surface area contributed by atoms with Crippen LogP contribution in [0.4, 0.5) is 0 Å². The molecule has 4 aliphatic carbocycles. The number of rotatable bonds is 3. The highest BCUT2D eigenvalue weighted by molar-refractivity contribution is 5.29. The SMILES string of the molecule is C[C@@H](Cc1cncc(C#N)c1)[C@H]1CC[C@H]2[C@@H]3CC[C@@H]4C[C@](C)(O)CC[C@]4(C)[C@H]3CC[C@]12C. The van der Waals surface area contributed by atoms with Crippen molar-refractivity contribution in [1.82, 2.24) is 4.98 Å². The van der Waals surface area contributed by atoms with Crippen LogP contribution in [0.2, 0.25) is 0 Å². The average molecular weight is 435 g/mol. The average Bonchev–Trinajstić information content (AvgIpc) is 3.11. The molecule has 1 aromatic rings. The Morgan fingerprint density at radius 3 is 2.59 bits per heavy atom. The molecule has 4 aliphatic rings. The third kappa shape index (κ3) is 3.53. The van der Waals surface area contributed by atoms with Crippen molar-refractivity contribution in [1.29, 1.82) is 5.26 Å². The Morgan fingerprint density at radius 2 is 1.81 bits per heavy atom. The molecule has 0 spiro atoms. The first-order valence-corrected chi connectivity index (χ1v) is 13.2. The molecule has 3 heteroatoms. The minimum absolute atomic E-state index is 0.439. The van der Waals surface area contributed by atoms with Crippen LogP contribution in [-0.2, 0) is 6.42 Å². The first-order valence-electron chi connectivity index (χ1n) is 13.2. The van der Waals surface area contributed by atoms with E-state index in [4.69, 9.17) is 0 Å². The summed E-state index contributed by atoms with van der Waals surface area (Å²) in [4.78, 5) is 4.30.